The minimum absolute atomic E-state index is 0.0148. The lowest BCUT2D eigenvalue weighted by Crippen LogP contribution is -2.29. The molecule has 2 aromatic rings. The van der Waals surface area contributed by atoms with Gasteiger partial charge in [0.2, 0.25) is 5.91 Å². The summed E-state index contributed by atoms with van der Waals surface area (Å²) in [5.74, 6) is -2.01. The summed E-state index contributed by atoms with van der Waals surface area (Å²) in [6, 6.07) is 4.13. The highest BCUT2D eigenvalue weighted by atomic mass is 35.5. The van der Waals surface area contributed by atoms with Crippen molar-refractivity contribution in [1.82, 2.24) is 5.32 Å². The van der Waals surface area contributed by atoms with Crippen LogP contribution in [0, 0.1) is 11.6 Å². The van der Waals surface area contributed by atoms with Crippen LogP contribution < -0.4 is 10.6 Å². The number of rotatable bonds is 7. The molecule has 8 heteroatoms. The van der Waals surface area contributed by atoms with Gasteiger partial charge in [-0.25, -0.2) is 8.78 Å². The number of hydrogen-bond acceptors (Lipinski definition) is 3. The van der Waals surface area contributed by atoms with Crippen molar-refractivity contribution in [3.05, 3.63) is 56.6 Å². The standard InChI is InChI=1S/C20H22Cl2F2N2O2/c1-4-25-16(28)9-26-14-8-13(21)12(18(22)20(14)24)7-11-5-6-15(27)17(10(2)3)19(11)23/h5-6,8,10,26-27H,4,7,9H2,1-3H3,(H,25,28). The predicted octanol–water partition coefficient (Wildman–Crippen LogP) is 5.24. The molecule has 2 rings (SSSR count). The fourth-order valence-corrected chi connectivity index (χ4v) is 3.45. The second-order valence-electron chi connectivity index (χ2n) is 6.62. The number of halogens is 4. The highest BCUT2D eigenvalue weighted by molar-refractivity contribution is 6.36. The zero-order valence-electron chi connectivity index (χ0n) is 15.8. The van der Waals surface area contributed by atoms with Gasteiger partial charge in [0.25, 0.3) is 0 Å². The maximum atomic E-state index is 14.8. The summed E-state index contributed by atoms with van der Waals surface area (Å²) in [5, 5.41) is 15.0. The monoisotopic (exact) mass is 430 g/mol. The first-order valence-corrected chi connectivity index (χ1v) is 9.60. The van der Waals surface area contributed by atoms with Gasteiger partial charge in [-0.2, -0.15) is 0 Å². The van der Waals surface area contributed by atoms with Gasteiger partial charge in [-0.3, -0.25) is 4.79 Å². The van der Waals surface area contributed by atoms with Crippen LogP contribution >= 0.6 is 23.2 Å². The minimum Gasteiger partial charge on any atom is -0.508 e. The topological polar surface area (TPSA) is 61.4 Å². The van der Waals surface area contributed by atoms with Crippen LogP contribution in [0.5, 0.6) is 5.75 Å². The number of carbonyl (C=O) groups excluding carboxylic acids is 1. The first-order chi connectivity index (χ1) is 13.2. The molecule has 152 valence electrons. The molecule has 0 atom stereocenters. The lowest BCUT2D eigenvalue weighted by Gasteiger charge is -2.16. The van der Waals surface area contributed by atoms with Crippen LogP contribution in [0.1, 0.15) is 43.4 Å². The first kappa shape index (κ1) is 22.2. The molecule has 0 saturated heterocycles. The highest BCUT2D eigenvalue weighted by Gasteiger charge is 2.21. The molecule has 0 saturated carbocycles. The van der Waals surface area contributed by atoms with Crippen molar-refractivity contribution in [3.63, 3.8) is 0 Å². The summed E-state index contributed by atoms with van der Waals surface area (Å²) >= 11 is 12.4. The van der Waals surface area contributed by atoms with Gasteiger partial charge in [0.15, 0.2) is 5.82 Å². The van der Waals surface area contributed by atoms with E-state index in [0.29, 0.717) is 6.54 Å². The molecular weight excluding hydrogens is 409 g/mol. The van der Waals surface area contributed by atoms with Crippen LogP contribution in [-0.4, -0.2) is 24.1 Å². The Bertz CT molecular complexity index is 889. The minimum atomic E-state index is -0.770. The molecule has 28 heavy (non-hydrogen) atoms. The highest BCUT2D eigenvalue weighted by Crippen LogP contribution is 2.37. The summed E-state index contributed by atoms with van der Waals surface area (Å²) < 4.78 is 29.4. The Morgan fingerprint density at radius 3 is 2.50 bits per heavy atom. The van der Waals surface area contributed by atoms with Gasteiger partial charge in [-0.1, -0.05) is 43.1 Å². The summed E-state index contributed by atoms with van der Waals surface area (Å²) in [6.07, 6.45) is -0.0446. The van der Waals surface area contributed by atoms with Gasteiger partial charge < -0.3 is 15.7 Å². The van der Waals surface area contributed by atoms with Crippen molar-refractivity contribution in [1.29, 1.82) is 0 Å². The van der Waals surface area contributed by atoms with Gasteiger partial charge in [0, 0.05) is 23.6 Å². The summed E-state index contributed by atoms with van der Waals surface area (Å²) in [7, 11) is 0. The fourth-order valence-electron chi connectivity index (χ4n) is 2.86. The third-order valence-electron chi connectivity index (χ3n) is 4.25. The third kappa shape index (κ3) is 4.86. The lowest BCUT2D eigenvalue weighted by atomic mass is 9.95. The second-order valence-corrected chi connectivity index (χ2v) is 7.41. The van der Waals surface area contributed by atoms with Crippen molar-refractivity contribution in [3.8, 4) is 5.75 Å². The zero-order chi connectivity index (χ0) is 21.0. The Labute approximate surface area is 172 Å². The zero-order valence-corrected chi connectivity index (χ0v) is 17.3. The molecule has 0 unspecified atom stereocenters. The number of carbonyl (C=O) groups is 1. The van der Waals surface area contributed by atoms with E-state index in [2.05, 4.69) is 10.6 Å². The molecule has 0 aliphatic rings. The Hall–Kier alpha value is -2.05. The molecule has 0 aliphatic heterocycles. The molecular formula is C20H22Cl2F2N2O2. The molecule has 0 spiro atoms. The number of anilines is 1. The fraction of sp³-hybridized carbons (Fsp3) is 0.350. The van der Waals surface area contributed by atoms with Crippen molar-refractivity contribution in [2.75, 3.05) is 18.4 Å². The molecule has 0 aromatic heterocycles. The molecule has 2 aromatic carbocycles. The van der Waals surface area contributed by atoms with Gasteiger partial charge in [0.05, 0.1) is 17.3 Å². The van der Waals surface area contributed by atoms with Crippen LogP contribution in [-0.2, 0) is 11.2 Å². The van der Waals surface area contributed by atoms with E-state index >= 15 is 0 Å². The van der Waals surface area contributed by atoms with Gasteiger partial charge in [0.1, 0.15) is 11.6 Å². The van der Waals surface area contributed by atoms with E-state index in [1.165, 1.54) is 18.2 Å². The van der Waals surface area contributed by atoms with Crippen molar-refractivity contribution < 1.29 is 18.7 Å². The van der Waals surface area contributed by atoms with E-state index in [4.69, 9.17) is 23.2 Å². The molecule has 0 fully saturated rings. The molecule has 0 heterocycles. The number of amides is 1. The Morgan fingerprint density at radius 1 is 1.21 bits per heavy atom. The number of aromatic hydroxyl groups is 1. The van der Waals surface area contributed by atoms with Gasteiger partial charge in [-0.15, -0.1) is 0 Å². The van der Waals surface area contributed by atoms with Gasteiger partial charge >= 0.3 is 0 Å². The Morgan fingerprint density at radius 2 is 1.89 bits per heavy atom. The predicted molar refractivity (Wildman–Crippen MR) is 109 cm³/mol. The van der Waals surface area contributed by atoms with E-state index in [0.717, 1.165) is 0 Å². The maximum Gasteiger partial charge on any atom is 0.239 e. The van der Waals surface area contributed by atoms with Crippen LogP contribution in [0.3, 0.4) is 0 Å². The molecule has 0 bridgehead atoms. The molecule has 4 nitrogen and oxygen atoms in total. The van der Waals surface area contributed by atoms with Crippen LogP contribution in [0.25, 0.3) is 0 Å². The number of likely N-dealkylation sites (N-methyl/N-ethyl adjacent to an activating group) is 1. The van der Waals surface area contributed by atoms with E-state index in [9.17, 15) is 18.7 Å². The largest absolute Gasteiger partial charge is 0.508 e. The summed E-state index contributed by atoms with van der Waals surface area (Å²) in [4.78, 5) is 11.5. The summed E-state index contributed by atoms with van der Waals surface area (Å²) in [6.45, 7) is 5.61. The van der Waals surface area contributed by atoms with Crippen molar-refractivity contribution >= 4 is 34.8 Å². The van der Waals surface area contributed by atoms with Gasteiger partial charge in [-0.05, 0) is 36.1 Å². The Kier molecular flexibility index (Phi) is 7.49. The van der Waals surface area contributed by atoms with Crippen LogP contribution in [0.15, 0.2) is 18.2 Å². The smallest absolute Gasteiger partial charge is 0.239 e. The van der Waals surface area contributed by atoms with Crippen molar-refractivity contribution in [2.24, 2.45) is 0 Å². The SMILES string of the molecule is CCNC(=O)CNc1cc(Cl)c(Cc2ccc(O)c(C(C)C)c2F)c(Cl)c1F. The number of nitrogens with one attached hydrogen (secondary N) is 2. The molecule has 0 aliphatic carbocycles. The second kappa shape index (κ2) is 9.43. The first-order valence-electron chi connectivity index (χ1n) is 8.84. The quantitative estimate of drug-likeness (QED) is 0.526. The Balaban J connectivity index is 2.34. The van der Waals surface area contributed by atoms with Crippen molar-refractivity contribution in [2.45, 2.75) is 33.1 Å². The third-order valence-corrected chi connectivity index (χ3v) is 4.98. The molecule has 0 radical (unpaired) electrons. The van der Waals surface area contributed by atoms with E-state index < -0.39 is 11.6 Å². The number of phenols is 1. The lowest BCUT2D eigenvalue weighted by molar-refractivity contribution is -0.119. The molecule has 1 amide bonds. The average Bonchev–Trinajstić information content (AvgIpc) is 2.62. The van der Waals surface area contributed by atoms with E-state index in [1.54, 1.807) is 20.8 Å². The average molecular weight is 431 g/mol. The number of phenolic OH excluding ortho intramolecular Hbond substituents is 1. The normalized spacial score (nSPS) is 11.0. The van der Waals surface area contributed by atoms with E-state index in [1.807, 2.05) is 0 Å². The molecule has 3 N–H and O–H groups in total. The number of hydrogen-bond donors (Lipinski definition) is 3. The number of benzene rings is 2. The summed E-state index contributed by atoms with van der Waals surface area (Å²) in [5.41, 5.74) is 0.640. The maximum absolute atomic E-state index is 14.8. The van der Waals surface area contributed by atoms with Crippen LogP contribution in [0.4, 0.5) is 14.5 Å². The van der Waals surface area contributed by atoms with Crippen LogP contribution in [0.2, 0.25) is 10.0 Å². The van der Waals surface area contributed by atoms with E-state index in [-0.39, 0.29) is 63.0 Å².